The fraction of sp³-hybridized carbons (Fsp3) is 0.545. The molecule has 0 aromatic carbocycles. The summed E-state index contributed by atoms with van der Waals surface area (Å²) in [6.45, 7) is 4.31. The van der Waals surface area contributed by atoms with Crippen LogP contribution < -0.4 is 5.32 Å². The molecule has 1 aromatic heterocycles. The Kier molecular flexibility index (Phi) is 4.85. The number of hydrogen-bond donors (Lipinski definition) is 2. The van der Waals surface area contributed by atoms with Gasteiger partial charge >= 0.3 is 0 Å². The van der Waals surface area contributed by atoms with E-state index in [1.165, 1.54) is 0 Å². The third kappa shape index (κ3) is 3.68. The molecule has 0 radical (unpaired) electrons. The van der Waals surface area contributed by atoms with Crippen LogP contribution in [0.15, 0.2) is 18.3 Å². The molecule has 84 valence electrons. The van der Waals surface area contributed by atoms with Crippen molar-refractivity contribution in [3.8, 4) is 0 Å². The van der Waals surface area contributed by atoms with Crippen LogP contribution in [-0.2, 0) is 0 Å². The Morgan fingerprint density at radius 1 is 1.53 bits per heavy atom. The highest BCUT2D eigenvalue weighted by Gasteiger charge is 2.14. The van der Waals surface area contributed by atoms with E-state index in [0.717, 1.165) is 12.2 Å². The van der Waals surface area contributed by atoms with Gasteiger partial charge in [-0.25, -0.2) is 4.98 Å². The van der Waals surface area contributed by atoms with Gasteiger partial charge in [-0.05, 0) is 18.1 Å². The molecule has 4 heteroatoms. The molecule has 0 fully saturated rings. The molecule has 15 heavy (non-hydrogen) atoms. The number of rotatable bonds is 5. The summed E-state index contributed by atoms with van der Waals surface area (Å²) in [7, 11) is 0. The van der Waals surface area contributed by atoms with Crippen molar-refractivity contribution in [2.24, 2.45) is 5.92 Å². The topological polar surface area (TPSA) is 45.1 Å². The van der Waals surface area contributed by atoms with Crippen LogP contribution in [-0.4, -0.2) is 22.7 Å². The number of aliphatic hydroxyl groups is 1. The Morgan fingerprint density at radius 2 is 2.27 bits per heavy atom. The van der Waals surface area contributed by atoms with Crippen molar-refractivity contribution in [1.29, 1.82) is 0 Å². The Morgan fingerprint density at radius 3 is 2.73 bits per heavy atom. The van der Waals surface area contributed by atoms with E-state index in [0.29, 0.717) is 10.9 Å². The largest absolute Gasteiger partial charge is 0.394 e. The molecule has 0 saturated carbocycles. The number of pyridine rings is 1. The second-order valence-corrected chi connectivity index (χ2v) is 4.12. The second kappa shape index (κ2) is 5.93. The molecule has 0 aliphatic rings. The van der Waals surface area contributed by atoms with Gasteiger partial charge in [-0.15, -0.1) is 0 Å². The molecule has 0 aliphatic carbocycles. The van der Waals surface area contributed by atoms with Crippen molar-refractivity contribution in [1.82, 2.24) is 4.98 Å². The summed E-state index contributed by atoms with van der Waals surface area (Å²) in [6, 6.07) is 3.64. The van der Waals surface area contributed by atoms with Gasteiger partial charge in [-0.2, -0.15) is 0 Å². The van der Waals surface area contributed by atoms with E-state index in [-0.39, 0.29) is 12.6 Å². The average Bonchev–Trinajstić information content (AvgIpc) is 2.27. The Labute approximate surface area is 95.5 Å². The fourth-order valence-corrected chi connectivity index (χ4v) is 1.42. The fourth-order valence-electron chi connectivity index (χ4n) is 1.30. The van der Waals surface area contributed by atoms with Gasteiger partial charge in [-0.1, -0.05) is 31.9 Å². The van der Waals surface area contributed by atoms with E-state index in [1.807, 2.05) is 6.07 Å². The van der Waals surface area contributed by atoms with Crippen LogP contribution in [0.2, 0.25) is 5.02 Å². The highest BCUT2D eigenvalue weighted by atomic mass is 35.5. The molecule has 0 spiro atoms. The molecular weight excluding hydrogens is 212 g/mol. The zero-order valence-electron chi connectivity index (χ0n) is 9.07. The van der Waals surface area contributed by atoms with E-state index >= 15 is 0 Å². The van der Waals surface area contributed by atoms with Gasteiger partial charge in [0.05, 0.1) is 17.7 Å². The molecule has 0 aliphatic heterocycles. The van der Waals surface area contributed by atoms with E-state index in [1.54, 1.807) is 12.3 Å². The van der Waals surface area contributed by atoms with Gasteiger partial charge in [0.2, 0.25) is 0 Å². The monoisotopic (exact) mass is 228 g/mol. The van der Waals surface area contributed by atoms with Crippen LogP contribution in [0.5, 0.6) is 0 Å². The molecule has 0 bridgehead atoms. The smallest absolute Gasteiger partial charge is 0.126 e. The maximum atomic E-state index is 9.23. The lowest BCUT2D eigenvalue weighted by atomic mass is 10.00. The van der Waals surface area contributed by atoms with Crippen molar-refractivity contribution in [3.05, 3.63) is 23.4 Å². The van der Waals surface area contributed by atoms with Crippen LogP contribution in [0, 0.1) is 5.92 Å². The minimum absolute atomic E-state index is 0.0451. The second-order valence-electron chi connectivity index (χ2n) is 3.68. The highest BCUT2D eigenvalue weighted by Crippen LogP contribution is 2.14. The first-order valence-electron chi connectivity index (χ1n) is 5.16. The molecule has 2 atom stereocenters. The summed E-state index contributed by atoms with van der Waals surface area (Å²) in [5.74, 6) is 1.16. The van der Waals surface area contributed by atoms with E-state index < -0.39 is 0 Å². The lowest BCUT2D eigenvalue weighted by Gasteiger charge is -2.22. The summed E-state index contributed by atoms with van der Waals surface area (Å²) in [5.41, 5.74) is 0. The predicted molar refractivity (Wildman–Crippen MR) is 63.2 cm³/mol. The maximum Gasteiger partial charge on any atom is 0.126 e. The van der Waals surface area contributed by atoms with Crippen molar-refractivity contribution in [2.75, 3.05) is 11.9 Å². The number of nitrogens with one attached hydrogen (secondary N) is 1. The highest BCUT2D eigenvalue weighted by molar-refractivity contribution is 6.30. The van der Waals surface area contributed by atoms with Crippen molar-refractivity contribution in [2.45, 2.75) is 26.3 Å². The molecular formula is C11H17ClN2O. The lowest BCUT2D eigenvalue weighted by molar-refractivity contribution is 0.241. The van der Waals surface area contributed by atoms with E-state index in [2.05, 4.69) is 24.1 Å². The summed E-state index contributed by atoms with van der Waals surface area (Å²) in [6.07, 6.45) is 2.61. The van der Waals surface area contributed by atoms with E-state index in [9.17, 15) is 5.11 Å². The molecule has 1 heterocycles. The molecule has 0 saturated heterocycles. The van der Waals surface area contributed by atoms with Gasteiger partial charge in [0, 0.05) is 6.20 Å². The first-order chi connectivity index (χ1) is 7.17. The van der Waals surface area contributed by atoms with Gasteiger partial charge in [0.1, 0.15) is 5.82 Å². The third-order valence-electron chi connectivity index (χ3n) is 2.59. The van der Waals surface area contributed by atoms with Crippen LogP contribution in [0.4, 0.5) is 5.82 Å². The van der Waals surface area contributed by atoms with Gasteiger partial charge in [0.15, 0.2) is 0 Å². The number of hydrogen-bond acceptors (Lipinski definition) is 3. The average molecular weight is 229 g/mol. The quantitative estimate of drug-likeness (QED) is 0.814. The van der Waals surface area contributed by atoms with Crippen LogP contribution in [0.3, 0.4) is 0 Å². The third-order valence-corrected chi connectivity index (χ3v) is 2.81. The molecule has 2 N–H and O–H groups in total. The van der Waals surface area contributed by atoms with Crippen molar-refractivity contribution in [3.63, 3.8) is 0 Å². The molecule has 2 unspecified atom stereocenters. The molecule has 0 amide bonds. The summed E-state index contributed by atoms with van der Waals surface area (Å²) in [4.78, 5) is 4.13. The van der Waals surface area contributed by atoms with Gasteiger partial charge in [0.25, 0.3) is 0 Å². The minimum atomic E-state index is 0.0451. The first kappa shape index (κ1) is 12.3. The Balaban J connectivity index is 2.62. The van der Waals surface area contributed by atoms with E-state index in [4.69, 9.17) is 11.6 Å². The maximum absolute atomic E-state index is 9.23. The molecule has 3 nitrogen and oxygen atoms in total. The van der Waals surface area contributed by atoms with Crippen LogP contribution in [0.1, 0.15) is 20.3 Å². The zero-order chi connectivity index (χ0) is 11.3. The minimum Gasteiger partial charge on any atom is -0.394 e. The molecule has 1 rings (SSSR count). The van der Waals surface area contributed by atoms with Crippen molar-refractivity contribution < 1.29 is 5.11 Å². The Bertz CT molecular complexity index is 289. The first-order valence-corrected chi connectivity index (χ1v) is 5.54. The van der Waals surface area contributed by atoms with Crippen LogP contribution in [0.25, 0.3) is 0 Å². The van der Waals surface area contributed by atoms with Gasteiger partial charge < -0.3 is 10.4 Å². The normalized spacial score (nSPS) is 14.7. The summed E-state index contributed by atoms with van der Waals surface area (Å²) < 4.78 is 0. The SMILES string of the molecule is CCC(C)C(CO)Nc1ccc(Cl)cn1. The van der Waals surface area contributed by atoms with Crippen LogP contribution >= 0.6 is 11.6 Å². The lowest BCUT2D eigenvalue weighted by Crippen LogP contribution is -2.31. The zero-order valence-corrected chi connectivity index (χ0v) is 9.83. The van der Waals surface area contributed by atoms with Gasteiger partial charge in [-0.3, -0.25) is 0 Å². The summed E-state index contributed by atoms with van der Waals surface area (Å²) in [5, 5.41) is 13.0. The number of halogens is 1. The number of anilines is 1. The standard InChI is InChI=1S/C11H17ClN2O/c1-3-8(2)10(7-15)14-11-5-4-9(12)6-13-11/h4-6,8,10,15H,3,7H2,1-2H3,(H,13,14). The predicted octanol–water partition coefficient (Wildman–Crippen LogP) is 2.55. The number of aliphatic hydroxyl groups excluding tert-OH is 1. The van der Waals surface area contributed by atoms with Crippen molar-refractivity contribution >= 4 is 17.4 Å². The number of nitrogens with zero attached hydrogens (tertiary/aromatic N) is 1. The number of aromatic nitrogens is 1. The molecule has 1 aromatic rings. The Hall–Kier alpha value is -0.800. The summed E-state index contributed by atoms with van der Waals surface area (Å²) >= 11 is 5.73.